The van der Waals surface area contributed by atoms with Gasteiger partial charge in [0.05, 0.1) is 16.7 Å². The molecule has 1 saturated carbocycles. The number of aryl methyl sites for hydroxylation is 2. The third-order valence-corrected chi connectivity index (χ3v) is 6.62. The monoisotopic (exact) mass is 453 g/mol. The summed E-state index contributed by atoms with van der Waals surface area (Å²) in [6, 6.07) is 7.23. The Morgan fingerprint density at radius 3 is 2.31 bits per heavy atom. The van der Waals surface area contributed by atoms with E-state index in [2.05, 4.69) is 11.8 Å². The summed E-state index contributed by atoms with van der Waals surface area (Å²) < 4.78 is 0. The van der Waals surface area contributed by atoms with Crippen molar-refractivity contribution in [2.45, 2.75) is 72.4 Å². The minimum Gasteiger partial charge on any atom is -0.477 e. The van der Waals surface area contributed by atoms with Crippen LogP contribution in [-0.2, 0) is 0 Å². The van der Waals surface area contributed by atoms with Gasteiger partial charge in [-0.25, -0.2) is 4.79 Å². The van der Waals surface area contributed by atoms with Crippen LogP contribution in [0.25, 0.3) is 0 Å². The number of anilines is 1. The number of aromatic carboxylic acids is 1. The molecule has 6 heteroatoms. The molecule has 1 aliphatic rings. The van der Waals surface area contributed by atoms with Crippen LogP contribution in [0.2, 0.25) is 0 Å². The molecule has 1 fully saturated rings. The van der Waals surface area contributed by atoms with E-state index in [0.29, 0.717) is 41.8 Å². The summed E-state index contributed by atoms with van der Waals surface area (Å²) in [5.74, 6) is 4.96. The highest BCUT2D eigenvalue weighted by atomic mass is 32.1. The third-order valence-electron chi connectivity index (χ3n) is 5.59. The number of amides is 1. The maximum absolute atomic E-state index is 13.8. The molecule has 32 heavy (non-hydrogen) atoms. The van der Waals surface area contributed by atoms with Crippen molar-refractivity contribution in [3.8, 4) is 11.8 Å². The van der Waals surface area contributed by atoms with E-state index in [0.717, 1.165) is 22.5 Å². The van der Waals surface area contributed by atoms with Gasteiger partial charge in [0.25, 0.3) is 5.91 Å². The molecule has 0 saturated heterocycles. The Kier molecular flexibility index (Phi) is 7.12. The maximum atomic E-state index is 13.8. The Morgan fingerprint density at radius 1 is 1.09 bits per heavy atom. The van der Waals surface area contributed by atoms with Gasteiger partial charge in [0.1, 0.15) is 4.88 Å². The van der Waals surface area contributed by atoms with E-state index in [1.165, 1.54) is 0 Å². The van der Waals surface area contributed by atoms with E-state index < -0.39 is 5.97 Å². The normalized spacial score (nSPS) is 18.6. The number of nitrogens with zero attached hydrogens (tertiary/aromatic N) is 1. The first kappa shape index (κ1) is 24.0. The average molecular weight is 454 g/mol. The number of carboxylic acids is 1. The molecule has 170 valence electrons. The highest BCUT2D eigenvalue weighted by Crippen LogP contribution is 2.36. The van der Waals surface area contributed by atoms with Gasteiger partial charge < -0.3 is 15.1 Å². The van der Waals surface area contributed by atoms with E-state index in [9.17, 15) is 19.8 Å². The highest BCUT2D eigenvalue weighted by Gasteiger charge is 2.34. The van der Waals surface area contributed by atoms with Gasteiger partial charge in [-0.05, 0) is 78.0 Å². The maximum Gasteiger partial charge on any atom is 0.348 e. The van der Waals surface area contributed by atoms with Crippen molar-refractivity contribution in [2.24, 2.45) is 5.41 Å². The second-order valence-corrected chi connectivity index (χ2v) is 10.6. The Balaban J connectivity index is 2.12. The number of hydrogen-bond donors (Lipinski definition) is 2. The number of benzene rings is 1. The molecule has 0 aliphatic heterocycles. The quantitative estimate of drug-likeness (QED) is 0.607. The lowest BCUT2D eigenvalue weighted by Gasteiger charge is -2.36. The summed E-state index contributed by atoms with van der Waals surface area (Å²) in [4.78, 5) is 28.3. The van der Waals surface area contributed by atoms with Crippen molar-refractivity contribution in [3.05, 3.63) is 50.7 Å². The van der Waals surface area contributed by atoms with Gasteiger partial charge in [0, 0.05) is 17.0 Å². The summed E-state index contributed by atoms with van der Waals surface area (Å²) >= 11 is 1.10. The van der Waals surface area contributed by atoms with Crippen molar-refractivity contribution >= 4 is 28.9 Å². The number of rotatable bonds is 4. The lowest BCUT2D eigenvalue weighted by Crippen LogP contribution is -2.44. The molecule has 1 heterocycles. The standard InChI is InChI=1S/C26H31NO4S/c1-16-6-11-21(17(2)14-16)24(29)27(18-7-9-19(28)10-8-18)22-15-20(12-13-26(3,4)5)32-23(22)25(30)31/h6,11,14-15,18-19,28H,7-10H2,1-5H3,(H,30,31)/t18-,19-. The largest absolute Gasteiger partial charge is 0.477 e. The van der Waals surface area contributed by atoms with Crippen LogP contribution in [0.5, 0.6) is 0 Å². The zero-order chi connectivity index (χ0) is 23.6. The Morgan fingerprint density at radius 2 is 1.75 bits per heavy atom. The van der Waals surface area contributed by atoms with Crippen molar-refractivity contribution in [3.63, 3.8) is 0 Å². The van der Waals surface area contributed by atoms with Crippen LogP contribution in [0.1, 0.15) is 82.5 Å². The van der Waals surface area contributed by atoms with Gasteiger partial charge in [0.15, 0.2) is 0 Å². The fourth-order valence-electron chi connectivity index (χ4n) is 4.00. The lowest BCUT2D eigenvalue weighted by atomic mass is 9.90. The minimum atomic E-state index is -1.07. The van der Waals surface area contributed by atoms with Gasteiger partial charge in [0.2, 0.25) is 0 Å². The number of aliphatic hydroxyl groups is 1. The van der Waals surface area contributed by atoms with E-state index in [-0.39, 0.29) is 28.3 Å². The summed E-state index contributed by atoms with van der Waals surface area (Å²) in [7, 11) is 0. The van der Waals surface area contributed by atoms with Crippen LogP contribution in [0.15, 0.2) is 24.3 Å². The lowest BCUT2D eigenvalue weighted by molar-refractivity contribution is 0.0702. The molecule has 1 amide bonds. The second-order valence-electron chi connectivity index (χ2n) is 9.59. The van der Waals surface area contributed by atoms with Crippen LogP contribution in [0.3, 0.4) is 0 Å². The van der Waals surface area contributed by atoms with E-state index in [1.54, 1.807) is 11.0 Å². The molecule has 1 aromatic carbocycles. The molecule has 5 nitrogen and oxygen atoms in total. The van der Waals surface area contributed by atoms with Gasteiger partial charge in [-0.1, -0.05) is 29.5 Å². The summed E-state index contributed by atoms with van der Waals surface area (Å²) in [5.41, 5.74) is 2.66. The topological polar surface area (TPSA) is 77.8 Å². The second kappa shape index (κ2) is 9.48. The fourth-order valence-corrected chi connectivity index (χ4v) is 4.84. The number of carboxylic acid groups (broad SMARTS) is 1. The highest BCUT2D eigenvalue weighted by molar-refractivity contribution is 7.15. The van der Waals surface area contributed by atoms with Gasteiger partial charge in [-0.2, -0.15) is 0 Å². The van der Waals surface area contributed by atoms with Crippen molar-refractivity contribution in [1.82, 2.24) is 0 Å². The summed E-state index contributed by atoms with van der Waals surface area (Å²) in [6.07, 6.45) is 2.04. The number of hydrogen-bond acceptors (Lipinski definition) is 4. The average Bonchev–Trinajstić information content (AvgIpc) is 3.12. The van der Waals surface area contributed by atoms with E-state index >= 15 is 0 Å². The van der Waals surface area contributed by atoms with Crippen molar-refractivity contribution < 1.29 is 19.8 Å². The Bertz CT molecular complexity index is 1080. The molecule has 0 spiro atoms. The van der Waals surface area contributed by atoms with Crippen molar-refractivity contribution in [2.75, 3.05) is 4.90 Å². The zero-order valence-corrected chi connectivity index (χ0v) is 20.2. The minimum absolute atomic E-state index is 0.118. The van der Waals surface area contributed by atoms with Gasteiger partial charge >= 0.3 is 5.97 Å². The number of thiophene rings is 1. The number of carbonyl (C=O) groups excluding carboxylic acids is 1. The number of carbonyl (C=O) groups is 2. The summed E-state index contributed by atoms with van der Waals surface area (Å²) in [6.45, 7) is 9.86. The molecule has 2 N–H and O–H groups in total. The van der Waals surface area contributed by atoms with Crippen LogP contribution in [-0.4, -0.2) is 34.2 Å². The Hall–Kier alpha value is -2.62. The first-order valence-corrected chi connectivity index (χ1v) is 11.8. The van der Waals surface area contributed by atoms with E-state index in [1.807, 2.05) is 52.8 Å². The fraction of sp³-hybridized carbons (Fsp3) is 0.462. The predicted molar refractivity (Wildman–Crippen MR) is 129 cm³/mol. The molecule has 0 bridgehead atoms. The molecule has 0 radical (unpaired) electrons. The molecule has 3 rings (SSSR count). The van der Waals surface area contributed by atoms with Gasteiger partial charge in [-0.3, -0.25) is 4.79 Å². The first-order chi connectivity index (χ1) is 15.0. The van der Waals surface area contributed by atoms with Crippen LogP contribution in [0, 0.1) is 31.1 Å². The van der Waals surface area contributed by atoms with Crippen LogP contribution < -0.4 is 4.90 Å². The molecule has 0 unspecified atom stereocenters. The number of aliphatic hydroxyl groups excluding tert-OH is 1. The molecular weight excluding hydrogens is 422 g/mol. The molecular formula is C26H31NO4S. The SMILES string of the molecule is Cc1ccc(C(=O)N(c2cc(C#CC(C)(C)C)sc2C(=O)O)[C@H]2CC[C@H](O)CC2)c(C)c1. The Labute approximate surface area is 194 Å². The van der Waals surface area contributed by atoms with E-state index in [4.69, 9.17) is 0 Å². The van der Waals surface area contributed by atoms with Gasteiger partial charge in [-0.15, -0.1) is 11.3 Å². The molecule has 1 aliphatic carbocycles. The first-order valence-electron chi connectivity index (χ1n) is 11.0. The van der Waals surface area contributed by atoms with Crippen LogP contribution in [0.4, 0.5) is 5.69 Å². The smallest absolute Gasteiger partial charge is 0.348 e. The molecule has 2 aromatic rings. The predicted octanol–water partition coefficient (Wildman–Crippen LogP) is 5.41. The molecule has 0 atom stereocenters. The molecule has 1 aromatic heterocycles. The summed E-state index contributed by atoms with van der Waals surface area (Å²) in [5, 5.41) is 19.9. The zero-order valence-electron chi connectivity index (χ0n) is 19.4. The van der Waals surface area contributed by atoms with Crippen molar-refractivity contribution in [1.29, 1.82) is 0 Å². The third kappa shape index (κ3) is 5.59. The van der Waals surface area contributed by atoms with Crippen LogP contribution >= 0.6 is 11.3 Å².